The van der Waals surface area contributed by atoms with Crippen molar-refractivity contribution in [3.63, 3.8) is 0 Å². The highest BCUT2D eigenvalue weighted by atomic mass is 32.1. The van der Waals surface area contributed by atoms with Crippen LogP contribution in [-0.4, -0.2) is 71.5 Å². The van der Waals surface area contributed by atoms with Gasteiger partial charge in [0.1, 0.15) is 23.2 Å². The largest absolute Gasteiger partial charge is 0.480 e. The Hall–Kier alpha value is -8.06. The number of nitrogens with two attached hydrogens (primary N) is 1. The summed E-state index contributed by atoms with van der Waals surface area (Å²) in [6, 6.07) is 19.7. The summed E-state index contributed by atoms with van der Waals surface area (Å²) in [5, 5.41) is 32.5. The van der Waals surface area contributed by atoms with E-state index < -0.39 is 29.4 Å². The van der Waals surface area contributed by atoms with Gasteiger partial charge in [-0.15, -0.1) is 0 Å². The average molecular weight is 870 g/mol. The molecule has 2 aliphatic rings. The van der Waals surface area contributed by atoms with Gasteiger partial charge < -0.3 is 41.6 Å². The molecule has 3 aromatic carbocycles. The summed E-state index contributed by atoms with van der Waals surface area (Å²) >= 11 is 5.43. The zero-order chi connectivity index (χ0) is 44.8. The number of nitrogen functional groups attached to an aromatic ring is 1. The van der Waals surface area contributed by atoms with Gasteiger partial charge in [-0.05, 0) is 97.7 Å². The third-order valence-electron chi connectivity index (χ3n) is 9.97. The number of ketones is 1. The number of aliphatic carboxylic acids is 1. The molecule has 1 aliphatic carbocycles. The van der Waals surface area contributed by atoms with Crippen LogP contribution in [0.3, 0.4) is 0 Å². The number of aryl methyl sites for hydroxylation is 1. The van der Waals surface area contributed by atoms with E-state index in [2.05, 4.69) is 41.2 Å². The molecule has 0 bridgehead atoms. The fourth-order valence-electron chi connectivity index (χ4n) is 6.87. The zero-order valence-corrected chi connectivity index (χ0v) is 34.3. The summed E-state index contributed by atoms with van der Waals surface area (Å²) in [7, 11) is 0. The lowest BCUT2D eigenvalue weighted by molar-refractivity contribution is -0.139. The van der Waals surface area contributed by atoms with Gasteiger partial charge in [0.2, 0.25) is 5.95 Å². The lowest BCUT2D eigenvalue weighted by atomic mass is 9.90. The van der Waals surface area contributed by atoms with E-state index >= 15 is 0 Å². The molecule has 1 aliphatic heterocycles. The number of aromatic nitrogens is 4. The van der Waals surface area contributed by atoms with Crippen LogP contribution in [0, 0.1) is 6.92 Å². The van der Waals surface area contributed by atoms with Crippen LogP contribution in [-0.2, 0) is 16.1 Å². The Morgan fingerprint density at radius 2 is 1.67 bits per heavy atom. The van der Waals surface area contributed by atoms with E-state index in [9.17, 15) is 39.0 Å². The lowest BCUT2D eigenvalue weighted by Gasteiger charge is -2.18. The maximum atomic E-state index is 12.9. The number of benzene rings is 4. The summed E-state index contributed by atoms with van der Waals surface area (Å²) in [6.45, 7) is 2.40. The van der Waals surface area contributed by atoms with Gasteiger partial charge in [-0.25, -0.2) is 19.6 Å². The number of aromatic carboxylic acids is 1. The topological polar surface area (TPSA) is 285 Å². The van der Waals surface area contributed by atoms with Crippen LogP contribution in [0.2, 0.25) is 0 Å². The van der Waals surface area contributed by atoms with Crippen molar-refractivity contribution < 1.29 is 33.8 Å². The molecule has 0 radical (unpaired) electrons. The number of hydrogen-bond acceptors (Lipinski definition) is 13. The smallest absolute Gasteiger partial charge is 0.336 e. The summed E-state index contributed by atoms with van der Waals surface area (Å²) in [5.74, 6) is -3.03. The van der Waals surface area contributed by atoms with E-state index in [1.807, 2.05) is 25.1 Å². The second kappa shape index (κ2) is 18.7. The number of carboxylic acids is 2. The van der Waals surface area contributed by atoms with Crippen LogP contribution in [0.25, 0.3) is 44.6 Å². The molecule has 3 heterocycles. The lowest BCUT2D eigenvalue weighted by Crippen LogP contribution is -2.41. The fraction of sp³-hybridized carbons (Fsp3) is 0.182. The van der Waals surface area contributed by atoms with Crippen molar-refractivity contribution in [3.05, 3.63) is 128 Å². The number of nitrogens with one attached hydrogen (secondary N) is 5. The molecule has 320 valence electrons. The van der Waals surface area contributed by atoms with E-state index in [0.29, 0.717) is 63.5 Å². The highest BCUT2D eigenvalue weighted by molar-refractivity contribution is 7.80. The molecule has 0 saturated heterocycles. The first-order valence-corrected chi connectivity index (χ1v) is 19.9. The van der Waals surface area contributed by atoms with E-state index in [0.717, 1.165) is 5.56 Å². The molecular formula is C44H39N9O9S. The van der Waals surface area contributed by atoms with Gasteiger partial charge in [-0.3, -0.25) is 24.2 Å². The number of fused-ring (bicyclic) bond motifs is 3. The first-order chi connectivity index (χ1) is 30.2. The molecule has 7 rings (SSSR count). The average Bonchev–Trinajstić information content (AvgIpc) is 3.25. The van der Waals surface area contributed by atoms with Gasteiger partial charge in [0, 0.05) is 58.9 Å². The molecule has 9 N–H and O–H groups in total. The molecule has 0 spiro atoms. The standard InChI is InChI=1S/C44H39N9O9S/c1-22-4-12-30-34(17-22)62-35-19-28(55)10-14-31(35)36(30)29-13-9-25(18-32(29)41(58)59)50-44(63)46-16-2-3-27(54)11-15-33(42(60)61)51-39(56)23-5-7-24(8-6-23)47-20-26-21-48-38-37(49-26)40(57)53-43(45)52-38/h4-10,12-14,17-19,21,33,47H,2-3,11,15-16,20H2,1H3,(H,51,56)(H,58,59)(H,60,61)(H2,46,50,63)(H3,45,48,52,53,57). The Morgan fingerprint density at radius 1 is 0.905 bits per heavy atom. The van der Waals surface area contributed by atoms with Crippen molar-refractivity contribution in [2.45, 2.75) is 45.2 Å². The first kappa shape index (κ1) is 43.0. The molecule has 5 aromatic rings. The van der Waals surface area contributed by atoms with E-state index in [1.165, 1.54) is 36.5 Å². The van der Waals surface area contributed by atoms with Gasteiger partial charge in [0.05, 0.1) is 24.0 Å². The summed E-state index contributed by atoms with van der Waals surface area (Å²) < 4.78 is 6.04. The van der Waals surface area contributed by atoms with Gasteiger partial charge in [0.25, 0.3) is 11.5 Å². The van der Waals surface area contributed by atoms with Crippen LogP contribution < -0.4 is 38.0 Å². The number of aromatic amines is 1. The molecule has 1 amide bonds. The van der Waals surface area contributed by atoms with Crippen LogP contribution in [0.1, 0.15) is 57.7 Å². The minimum Gasteiger partial charge on any atom is -0.480 e. The highest BCUT2D eigenvalue weighted by Crippen LogP contribution is 2.42. The van der Waals surface area contributed by atoms with Gasteiger partial charge in [-0.1, -0.05) is 18.2 Å². The Bertz CT molecular complexity index is 3020. The SMILES string of the molecule is Cc1ccc2c(-c3ccc(NC(=S)NCCCC(=O)CCC(NC(=O)c4ccc(NCc5cnc6nc(N)[nH]c(=O)c6n5)cc4)C(=O)O)cc3C(=O)O)c3ccc(=O)cc-3oc2c1. The Labute approximate surface area is 362 Å². The number of rotatable bonds is 16. The maximum Gasteiger partial charge on any atom is 0.336 e. The molecule has 1 unspecified atom stereocenters. The van der Waals surface area contributed by atoms with Crippen LogP contribution in [0.4, 0.5) is 17.3 Å². The molecule has 18 nitrogen and oxygen atoms in total. The summed E-state index contributed by atoms with van der Waals surface area (Å²) in [5.41, 5.74) is 9.66. The van der Waals surface area contributed by atoms with Crippen molar-refractivity contribution in [2.24, 2.45) is 0 Å². The van der Waals surface area contributed by atoms with E-state index in [1.54, 1.807) is 30.3 Å². The van der Waals surface area contributed by atoms with Crippen LogP contribution >= 0.6 is 12.2 Å². The van der Waals surface area contributed by atoms with Crippen molar-refractivity contribution in [2.75, 3.05) is 22.9 Å². The predicted octanol–water partition coefficient (Wildman–Crippen LogP) is 5.09. The fourth-order valence-corrected chi connectivity index (χ4v) is 7.09. The quantitative estimate of drug-likeness (QED) is 0.0356. The van der Waals surface area contributed by atoms with Crippen molar-refractivity contribution in [3.8, 4) is 22.5 Å². The Kier molecular flexibility index (Phi) is 12.8. The second-order valence-corrected chi connectivity index (χ2v) is 15.0. The Morgan fingerprint density at radius 3 is 2.43 bits per heavy atom. The summed E-state index contributed by atoms with van der Waals surface area (Å²) in [4.78, 5) is 89.2. The number of Topliss-reactive ketones (excluding diaryl/α,β-unsaturated/α-hetero) is 1. The van der Waals surface area contributed by atoms with Gasteiger partial charge in [0.15, 0.2) is 21.7 Å². The molecule has 63 heavy (non-hydrogen) atoms. The van der Waals surface area contributed by atoms with E-state index in [4.69, 9.17) is 22.4 Å². The number of thiocarbonyl (C=S) groups is 1. The van der Waals surface area contributed by atoms with Crippen molar-refractivity contribution in [1.82, 2.24) is 30.6 Å². The number of H-pyrrole nitrogens is 1. The molecule has 1 atom stereocenters. The number of carboxylic acid groups (broad SMARTS) is 2. The number of amides is 1. The predicted molar refractivity (Wildman–Crippen MR) is 239 cm³/mol. The van der Waals surface area contributed by atoms with Crippen molar-refractivity contribution >= 4 is 80.4 Å². The number of hydrogen-bond donors (Lipinski definition) is 8. The molecule has 2 aromatic heterocycles. The van der Waals surface area contributed by atoms with Gasteiger partial charge >= 0.3 is 11.9 Å². The number of nitrogens with zero attached hydrogens (tertiary/aromatic N) is 3. The van der Waals surface area contributed by atoms with E-state index in [-0.39, 0.29) is 70.4 Å². The molecule has 0 saturated carbocycles. The van der Waals surface area contributed by atoms with Crippen molar-refractivity contribution in [1.29, 1.82) is 0 Å². The zero-order valence-electron chi connectivity index (χ0n) is 33.5. The monoisotopic (exact) mass is 869 g/mol. The Balaban J connectivity index is 0.874. The number of anilines is 3. The third-order valence-corrected chi connectivity index (χ3v) is 10.2. The maximum absolute atomic E-state index is 12.9. The number of carbonyl (C=O) groups excluding carboxylic acids is 2. The van der Waals surface area contributed by atoms with Gasteiger partial charge in [-0.2, -0.15) is 4.98 Å². The molecular weight excluding hydrogens is 831 g/mol. The highest BCUT2D eigenvalue weighted by Gasteiger charge is 2.24. The minimum absolute atomic E-state index is 0.00773. The van der Waals surface area contributed by atoms with Crippen LogP contribution in [0.15, 0.2) is 99.1 Å². The number of carbonyl (C=O) groups is 4. The first-order valence-electron chi connectivity index (χ1n) is 19.5. The third kappa shape index (κ3) is 10.3. The minimum atomic E-state index is -1.31. The second-order valence-electron chi connectivity index (χ2n) is 14.5. The summed E-state index contributed by atoms with van der Waals surface area (Å²) in [6.07, 6.45) is 1.74. The molecule has 19 heteroatoms. The molecule has 0 fully saturated rings. The van der Waals surface area contributed by atoms with Crippen LogP contribution in [0.5, 0.6) is 0 Å². The normalized spacial score (nSPS) is 11.6.